The van der Waals surface area contributed by atoms with Crippen LogP contribution in [0.25, 0.3) is 55.0 Å². The van der Waals surface area contributed by atoms with Crippen molar-refractivity contribution in [1.29, 1.82) is 0 Å². The Hall–Kier alpha value is -6.81. The van der Waals surface area contributed by atoms with E-state index in [0.29, 0.717) is 0 Å². The van der Waals surface area contributed by atoms with E-state index in [2.05, 4.69) is 193 Å². The summed E-state index contributed by atoms with van der Waals surface area (Å²) < 4.78 is 6.46. The Morgan fingerprint density at radius 2 is 1.09 bits per heavy atom. The third kappa shape index (κ3) is 4.35. The van der Waals surface area contributed by atoms with Crippen molar-refractivity contribution in [1.82, 2.24) is 0 Å². The molecule has 0 N–H and O–H groups in total. The van der Waals surface area contributed by atoms with Crippen molar-refractivity contribution in [3.05, 3.63) is 222 Å². The molecule has 1 aromatic heterocycles. The second-order valence-corrected chi connectivity index (χ2v) is 15.8. The van der Waals surface area contributed by atoms with Crippen LogP contribution >= 0.6 is 11.8 Å². The highest BCUT2D eigenvalue weighted by Crippen LogP contribution is 2.65. The van der Waals surface area contributed by atoms with E-state index in [9.17, 15) is 0 Å². The van der Waals surface area contributed by atoms with Gasteiger partial charge in [0.1, 0.15) is 11.2 Å². The Balaban J connectivity index is 1.11. The molecule has 1 aliphatic carbocycles. The van der Waals surface area contributed by atoms with Crippen molar-refractivity contribution in [2.45, 2.75) is 15.2 Å². The molecule has 3 heteroatoms. The lowest BCUT2D eigenvalue weighted by atomic mass is 9.66. The first kappa shape index (κ1) is 31.5. The second kappa shape index (κ2) is 12.1. The smallest absolute Gasteiger partial charge is 0.143 e. The molecule has 1 unspecified atom stereocenters. The monoisotopic (exact) mass is 731 g/mol. The number of hydrogen-bond acceptors (Lipinski definition) is 3. The van der Waals surface area contributed by atoms with Crippen molar-refractivity contribution in [2.24, 2.45) is 0 Å². The minimum Gasteiger partial charge on any atom is -0.455 e. The van der Waals surface area contributed by atoms with Crippen LogP contribution in [0, 0.1) is 0 Å². The Labute approximate surface area is 329 Å². The summed E-state index contributed by atoms with van der Waals surface area (Å²) in [4.78, 5) is 5.05. The van der Waals surface area contributed by atoms with Crippen LogP contribution in [0.4, 0.5) is 17.1 Å². The zero-order valence-corrected chi connectivity index (χ0v) is 31.1. The van der Waals surface area contributed by atoms with Crippen LogP contribution in [0.2, 0.25) is 0 Å². The summed E-state index contributed by atoms with van der Waals surface area (Å²) in [5.41, 5.74) is 14.8. The van der Waals surface area contributed by atoms with E-state index < -0.39 is 5.41 Å². The number of nitrogens with zero attached hydrogens (tertiary/aromatic N) is 1. The minimum atomic E-state index is -0.503. The summed E-state index contributed by atoms with van der Waals surface area (Å²) >= 11 is 1.90. The molecule has 9 aromatic carbocycles. The van der Waals surface area contributed by atoms with Gasteiger partial charge in [0.25, 0.3) is 0 Å². The van der Waals surface area contributed by atoms with Gasteiger partial charge in [-0.05, 0) is 92.7 Å². The maximum absolute atomic E-state index is 6.46. The average molecular weight is 732 g/mol. The fourth-order valence-corrected chi connectivity index (χ4v) is 10.9. The molecule has 2 nitrogen and oxygen atoms in total. The highest BCUT2D eigenvalue weighted by atomic mass is 32.2. The molecule has 0 saturated carbocycles. The van der Waals surface area contributed by atoms with E-state index in [4.69, 9.17) is 4.42 Å². The summed E-state index contributed by atoms with van der Waals surface area (Å²) in [7, 11) is 0. The molecule has 56 heavy (non-hydrogen) atoms. The third-order valence-corrected chi connectivity index (χ3v) is 13.1. The predicted molar refractivity (Wildman–Crippen MR) is 233 cm³/mol. The summed E-state index contributed by atoms with van der Waals surface area (Å²) in [5, 5.41) is 4.84. The predicted octanol–water partition coefficient (Wildman–Crippen LogP) is 14.7. The Morgan fingerprint density at radius 3 is 1.98 bits per heavy atom. The van der Waals surface area contributed by atoms with E-state index in [1.807, 2.05) is 23.9 Å². The van der Waals surface area contributed by atoms with Gasteiger partial charge in [-0.15, -0.1) is 0 Å². The quantitative estimate of drug-likeness (QED) is 0.179. The topological polar surface area (TPSA) is 16.4 Å². The van der Waals surface area contributed by atoms with E-state index in [1.165, 1.54) is 53.9 Å². The van der Waals surface area contributed by atoms with Gasteiger partial charge in [0.15, 0.2) is 0 Å². The van der Waals surface area contributed by atoms with Gasteiger partial charge in [0, 0.05) is 43.1 Å². The maximum Gasteiger partial charge on any atom is 0.143 e. The highest BCUT2D eigenvalue weighted by molar-refractivity contribution is 7.99. The lowest BCUT2D eigenvalue weighted by Gasteiger charge is -2.40. The van der Waals surface area contributed by atoms with Gasteiger partial charge in [0.2, 0.25) is 0 Å². The molecule has 0 bridgehead atoms. The maximum atomic E-state index is 6.46. The summed E-state index contributed by atoms with van der Waals surface area (Å²) in [6.07, 6.45) is 0. The van der Waals surface area contributed by atoms with Crippen LogP contribution < -0.4 is 4.90 Å². The van der Waals surface area contributed by atoms with Crippen molar-refractivity contribution in [3.63, 3.8) is 0 Å². The van der Waals surface area contributed by atoms with Crippen molar-refractivity contribution < 1.29 is 4.42 Å². The van der Waals surface area contributed by atoms with Crippen LogP contribution in [-0.4, -0.2) is 0 Å². The zero-order valence-electron chi connectivity index (χ0n) is 30.3. The molecule has 1 spiro atoms. The minimum absolute atomic E-state index is 0.503. The van der Waals surface area contributed by atoms with Gasteiger partial charge in [-0.2, -0.15) is 0 Å². The van der Waals surface area contributed by atoms with Crippen molar-refractivity contribution >= 4 is 61.5 Å². The van der Waals surface area contributed by atoms with Crippen LogP contribution in [0.3, 0.4) is 0 Å². The van der Waals surface area contributed by atoms with Crippen LogP contribution in [0.1, 0.15) is 22.3 Å². The fourth-order valence-electron chi connectivity index (χ4n) is 9.67. The lowest BCUT2D eigenvalue weighted by molar-refractivity contribution is 0.670. The van der Waals surface area contributed by atoms with E-state index in [0.717, 1.165) is 50.1 Å². The first-order chi connectivity index (χ1) is 27.8. The van der Waals surface area contributed by atoms with Gasteiger partial charge in [-0.25, -0.2) is 0 Å². The normalized spacial score (nSPS) is 15.1. The van der Waals surface area contributed by atoms with Gasteiger partial charge < -0.3 is 9.32 Å². The summed E-state index contributed by atoms with van der Waals surface area (Å²) in [5.74, 6) is 0. The number of rotatable bonds is 4. The Morgan fingerprint density at radius 1 is 0.429 bits per heavy atom. The molecular weight excluding hydrogens is 699 g/mol. The van der Waals surface area contributed by atoms with Crippen molar-refractivity contribution in [2.75, 3.05) is 4.90 Å². The molecule has 2 aliphatic rings. The molecular formula is C53H33NOS. The average Bonchev–Trinajstić information content (AvgIpc) is 3.79. The van der Waals surface area contributed by atoms with E-state index >= 15 is 0 Å². The highest BCUT2D eigenvalue weighted by Gasteiger charge is 2.51. The molecule has 2 heterocycles. The number of para-hydroxylation sites is 3. The SMILES string of the molecule is c1ccc(N(c2ccc(-c3cccc4c3oc3ccccc34)cc2)c2cccc3c2-c2ccccc2C32c3ccccc3Sc3ccc4ccccc4c32)cc1. The first-order valence-electron chi connectivity index (χ1n) is 19.2. The van der Waals surface area contributed by atoms with E-state index in [1.54, 1.807) is 0 Å². The van der Waals surface area contributed by atoms with Gasteiger partial charge in [-0.1, -0.05) is 163 Å². The summed E-state index contributed by atoms with van der Waals surface area (Å²) in [6, 6.07) is 73.2. The first-order valence-corrected chi connectivity index (χ1v) is 20.0. The molecule has 0 saturated heterocycles. The fraction of sp³-hybridized carbons (Fsp3) is 0.0189. The number of hydrogen-bond donors (Lipinski definition) is 0. The number of benzene rings is 9. The molecule has 0 radical (unpaired) electrons. The molecule has 10 aromatic rings. The largest absolute Gasteiger partial charge is 0.455 e. The number of furan rings is 1. The molecule has 262 valence electrons. The third-order valence-electron chi connectivity index (χ3n) is 11.9. The molecule has 12 rings (SSSR count). The standard InChI is InChI=1S/C53H33NOS/c1-2-15-36(16-3-1)54(37-31-28-35(29-32-37)39-20-12-21-41-40-18-7-10-26-47(40)55-52(39)41)46-25-13-24-45-50(46)42-19-6-8-22-43(42)53(45)44-23-9-11-27-48(44)56-49-33-30-34-14-4-5-17-38(34)51(49)53/h1-33H. The lowest BCUT2D eigenvalue weighted by Crippen LogP contribution is -2.32. The van der Waals surface area contributed by atoms with Crippen molar-refractivity contribution in [3.8, 4) is 22.3 Å². The Bertz CT molecular complexity index is 3180. The number of anilines is 3. The molecule has 0 amide bonds. The molecule has 1 atom stereocenters. The van der Waals surface area contributed by atoms with Crippen LogP contribution in [0.5, 0.6) is 0 Å². The van der Waals surface area contributed by atoms with Crippen LogP contribution in [-0.2, 0) is 5.41 Å². The van der Waals surface area contributed by atoms with E-state index in [-0.39, 0.29) is 0 Å². The van der Waals surface area contributed by atoms with Gasteiger partial charge in [-0.3, -0.25) is 0 Å². The summed E-state index contributed by atoms with van der Waals surface area (Å²) in [6.45, 7) is 0. The van der Waals surface area contributed by atoms with Gasteiger partial charge >= 0.3 is 0 Å². The van der Waals surface area contributed by atoms with Gasteiger partial charge in [0.05, 0.1) is 11.1 Å². The molecule has 0 fully saturated rings. The number of fused-ring (bicyclic) bond motifs is 14. The zero-order chi connectivity index (χ0) is 36.8. The Kier molecular flexibility index (Phi) is 6.81. The molecule has 1 aliphatic heterocycles. The second-order valence-electron chi connectivity index (χ2n) is 14.8. The van der Waals surface area contributed by atoms with Crippen LogP contribution in [0.15, 0.2) is 214 Å².